The molecule has 0 radical (unpaired) electrons. The fourth-order valence-electron chi connectivity index (χ4n) is 2.40. The molecule has 3 unspecified atom stereocenters. The van der Waals surface area contributed by atoms with Gasteiger partial charge in [-0.25, -0.2) is 0 Å². The summed E-state index contributed by atoms with van der Waals surface area (Å²) < 4.78 is 0. The maximum atomic E-state index is 11.0. The van der Waals surface area contributed by atoms with Gasteiger partial charge in [-0.15, -0.1) is 0 Å². The number of aliphatic carboxylic acids is 2. The van der Waals surface area contributed by atoms with E-state index in [-0.39, 0.29) is 5.92 Å². The molecule has 4 nitrogen and oxygen atoms in total. The Bertz CT molecular complexity index is 236. The van der Waals surface area contributed by atoms with Crippen LogP contribution in [0.1, 0.15) is 32.6 Å². The van der Waals surface area contributed by atoms with E-state index in [2.05, 4.69) is 0 Å². The predicted molar refractivity (Wildman–Crippen MR) is 49.9 cm³/mol. The zero-order valence-electron chi connectivity index (χ0n) is 8.27. The van der Waals surface area contributed by atoms with E-state index >= 15 is 0 Å². The first-order valence-electron chi connectivity index (χ1n) is 5.03. The first-order valence-corrected chi connectivity index (χ1v) is 5.03. The van der Waals surface area contributed by atoms with Gasteiger partial charge in [0.15, 0.2) is 0 Å². The Hall–Kier alpha value is -1.06. The van der Waals surface area contributed by atoms with Crippen molar-refractivity contribution in [2.45, 2.75) is 32.6 Å². The lowest BCUT2D eigenvalue weighted by Gasteiger charge is -2.32. The highest BCUT2D eigenvalue weighted by molar-refractivity contribution is 5.80. The van der Waals surface area contributed by atoms with Crippen LogP contribution in [0.4, 0.5) is 0 Å². The number of rotatable bonds is 3. The molecule has 14 heavy (non-hydrogen) atoms. The van der Waals surface area contributed by atoms with E-state index in [0.717, 1.165) is 19.3 Å². The van der Waals surface area contributed by atoms with E-state index < -0.39 is 23.8 Å². The molecule has 0 heterocycles. The second-order valence-electron chi connectivity index (χ2n) is 3.91. The summed E-state index contributed by atoms with van der Waals surface area (Å²) in [4.78, 5) is 21.8. The Balaban J connectivity index is 2.83. The largest absolute Gasteiger partial charge is 0.481 e. The molecule has 1 rings (SSSR count). The van der Waals surface area contributed by atoms with Crippen LogP contribution in [0.25, 0.3) is 0 Å². The Labute approximate surface area is 82.9 Å². The SMILES string of the molecule is CCC1CCCC(C(=O)O)C1C(=O)O. The summed E-state index contributed by atoms with van der Waals surface area (Å²) in [5.41, 5.74) is 0. The second-order valence-corrected chi connectivity index (χ2v) is 3.91. The van der Waals surface area contributed by atoms with Crippen molar-refractivity contribution in [1.82, 2.24) is 0 Å². The summed E-state index contributed by atoms with van der Waals surface area (Å²) in [6.07, 6.45) is 2.93. The Morgan fingerprint density at radius 3 is 2.29 bits per heavy atom. The molecule has 1 fully saturated rings. The lowest BCUT2D eigenvalue weighted by atomic mass is 9.71. The van der Waals surface area contributed by atoms with Gasteiger partial charge in [-0.2, -0.15) is 0 Å². The maximum Gasteiger partial charge on any atom is 0.307 e. The van der Waals surface area contributed by atoms with Gasteiger partial charge in [-0.05, 0) is 18.8 Å². The van der Waals surface area contributed by atoms with Crippen molar-refractivity contribution in [3.8, 4) is 0 Å². The molecule has 0 spiro atoms. The minimum Gasteiger partial charge on any atom is -0.481 e. The van der Waals surface area contributed by atoms with Crippen LogP contribution in [0.5, 0.6) is 0 Å². The van der Waals surface area contributed by atoms with Gasteiger partial charge in [-0.1, -0.05) is 19.8 Å². The van der Waals surface area contributed by atoms with Crippen molar-refractivity contribution in [2.24, 2.45) is 17.8 Å². The van der Waals surface area contributed by atoms with Gasteiger partial charge >= 0.3 is 11.9 Å². The van der Waals surface area contributed by atoms with E-state index in [4.69, 9.17) is 10.2 Å². The predicted octanol–water partition coefficient (Wildman–Crippen LogP) is 1.60. The van der Waals surface area contributed by atoms with Gasteiger partial charge in [0.25, 0.3) is 0 Å². The summed E-state index contributed by atoms with van der Waals surface area (Å²) >= 11 is 0. The van der Waals surface area contributed by atoms with Crippen LogP contribution in [0.15, 0.2) is 0 Å². The van der Waals surface area contributed by atoms with Crippen molar-refractivity contribution >= 4 is 11.9 Å². The molecule has 0 aromatic carbocycles. The van der Waals surface area contributed by atoms with Crippen LogP contribution in [-0.2, 0) is 9.59 Å². The van der Waals surface area contributed by atoms with Crippen molar-refractivity contribution in [3.63, 3.8) is 0 Å². The molecule has 0 aromatic rings. The third-order valence-electron chi connectivity index (χ3n) is 3.16. The third-order valence-corrected chi connectivity index (χ3v) is 3.16. The molecule has 0 aliphatic heterocycles. The van der Waals surface area contributed by atoms with Crippen LogP contribution in [-0.4, -0.2) is 22.2 Å². The van der Waals surface area contributed by atoms with E-state index in [1.807, 2.05) is 6.92 Å². The second kappa shape index (κ2) is 4.44. The molecular weight excluding hydrogens is 184 g/mol. The van der Waals surface area contributed by atoms with Crippen molar-refractivity contribution in [3.05, 3.63) is 0 Å². The number of carboxylic acids is 2. The molecule has 0 amide bonds. The highest BCUT2D eigenvalue weighted by Crippen LogP contribution is 2.37. The molecule has 0 bridgehead atoms. The lowest BCUT2D eigenvalue weighted by Crippen LogP contribution is -2.38. The topological polar surface area (TPSA) is 74.6 Å². The molecule has 0 saturated heterocycles. The third kappa shape index (κ3) is 2.05. The molecule has 1 aliphatic carbocycles. The van der Waals surface area contributed by atoms with Gasteiger partial charge in [0.1, 0.15) is 0 Å². The molecule has 3 atom stereocenters. The van der Waals surface area contributed by atoms with Crippen LogP contribution in [0.2, 0.25) is 0 Å². The Morgan fingerprint density at radius 1 is 1.21 bits per heavy atom. The van der Waals surface area contributed by atoms with Crippen LogP contribution >= 0.6 is 0 Å². The number of carbonyl (C=O) groups is 2. The molecule has 80 valence electrons. The van der Waals surface area contributed by atoms with Crippen molar-refractivity contribution < 1.29 is 19.8 Å². The van der Waals surface area contributed by atoms with E-state index in [1.54, 1.807) is 0 Å². The first-order chi connectivity index (χ1) is 6.57. The van der Waals surface area contributed by atoms with Crippen LogP contribution in [0.3, 0.4) is 0 Å². The van der Waals surface area contributed by atoms with Crippen LogP contribution in [0, 0.1) is 17.8 Å². The number of hydrogen-bond donors (Lipinski definition) is 2. The molecule has 2 N–H and O–H groups in total. The molecule has 0 aromatic heterocycles. The zero-order valence-corrected chi connectivity index (χ0v) is 8.27. The average Bonchev–Trinajstić information content (AvgIpc) is 2.16. The lowest BCUT2D eigenvalue weighted by molar-refractivity contribution is -0.158. The van der Waals surface area contributed by atoms with E-state index in [0.29, 0.717) is 6.42 Å². The van der Waals surface area contributed by atoms with Gasteiger partial charge in [0.05, 0.1) is 11.8 Å². The number of hydrogen-bond acceptors (Lipinski definition) is 2. The van der Waals surface area contributed by atoms with Gasteiger partial charge < -0.3 is 10.2 Å². The molecule has 1 saturated carbocycles. The minimum absolute atomic E-state index is 0.0300. The Morgan fingerprint density at radius 2 is 1.86 bits per heavy atom. The summed E-state index contributed by atoms with van der Waals surface area (Å²) in [5.74, 6) is -3.26. The first kappa shape index (κ1) is 11.0. The van der Waals surface area contributed by atoms with E-state index in [9.17, 15) is 9.59 Å². The summed E-state index contributed by atoms with van der Waals surface area (Å²) in [5, 5.41) is 17.9. The smallest absolute Gasteiger partial charge is 0.307 e. The fraction of sp³-hybridized carbons (Fsp3) is 0.800. The summed E-state index contributed by atoms with van der Waals surface area (Å²) in [6, 6.07) is 0. The highest BCUT2D eigenvalue weighted by Gasteiger charge is 2.41. The average molecular weight is 200 g/mol. The Kier molecular flexibility index (Phi) is 3.49. The zero-order chi connectivity index (χ0) is 10.7. The minimum atomic E-state index is -0.962. The summed E-state index contributed by atoms with van der Waals surface area (Å²) in [7, 11) is 0. The van der Waals surface area contributed by atoms with Crippen LogP contribution < -0.4 is 0 Å². The summed E-state index contributed by atoms with van der Waals surface area (Å²) in [6.45, 7) is 1.92. The van der Waals surface area contributed by atoms with Gasteiger partial charge in [0, 0.05) is 0 Å². The highest BCUT2D eigenvalue weighted by atomic mass is 16.4. The standard InChI is InChI=1S/C10H16O4/c1-2-6-4-3-5-7(9(11)12)8(6)10(13)14/h6-8H,2-5H2,1H3,(H,11,12)(H,13,14). The quantitative estimate of drug-likeness (QED) is 0.725. The van der Waals surface area contributed by atoms with E-state index in [1.165, 1.54) is 0 Å². The fourth-order valence-corrected chi connectivity index (χ4v) is 2.40. The van der Waals surface area contributed by atoms with Gasteiger partial charge in [-0.3, -0.25) is 9.59 Å². The van der Waals surface area contributed by atoms with Crippen molar-refractivity contribution in [2.75, 3.05) is 0 Å². The maximum absolute atomic E-state index is 11.0. The van der Waals surface area contributed by atoms with Gasteiger partial charge in [0.2, 0.25) is 0 Å². The number of carboxylic acid groups (broad SMARTS) is 2. The monoisotopic (exact) mass is 200 g/mol. The molecule has 4 heteroatoms. The van der Waals surface area contributed by atoms with Crippen molar-refractivity contribution in [1.29, 1.82) is 0 Å². The normalized spacial score (nSPS) is 32.5. The molecular formula is C10H16O4. The molecule has 1 aliphatic rings.